The molecule has 0 spiro atoms. The summed E-state index contributed by atoms with van der Waals surface area (Å²) in [5.74, 6) is -5.55. The summed E-state index contributed by atoms with van der Waals surface area (Å²) < 4.78 is 67.3. The lowest BCUT2D eigenvalue weighted by Crippen LogP contribution is -2.76. The van der Waals surface area contributed by atoms with Crippen molar-refractivity contribution in [3.63, 3.8) is 0 Å². The Morgan fingerprint density at radius 3 is 2.32 bits per heavy atom. The Morgan fingerprint density at radius 2 is 1.74 bits per heavy atom. The minimum atomic E-state index is -3.80. The summed E-state index contributed by atoms with van der Waals surface area (Å²) >= 11 is 0. The van der Waals surface area contributed by atoms with Crippen LogP contribution in [-0.2, 0) is 17.6 Å². The molecule has 4 saturated carbocycles. The smallest absolute Gasteiger partial charge is 0.287 e. The molecule has 4 aliphatic carbocycles. The predicted molar refractivity (Wildman–Crippen MR) is 123 cm³/mol. The highest BCUT2D eigenvalue weighted by Gasteiger charge is 2.82. The van der Waals surface area contributed by atoms with Crippen molar-refractivity contribution in [1.82, 2.24) is 20.2 Å². The van der Waals surface area contributed by atoms with Gasteiger partial charge in [0, 0.05) is 17.0 Å². The third-order valence-corrected chi connectivity index (χ3v) is 8.63. The quantitative estimate of drug-likeness (QED) is 0.343. The lowest BCUT2D eigenvalue weighted by Gasteiger charge is -2.74. The number of aromatic nitrogens is 4. The van der Waals surface area contributed by atoms with Gasteiger partial charge in [-0.3, -0.25) is 0 Å². The summed E-state index contributed by atoms with van der Waals surface area (Å²) in [6.07, 6.45) is 1.33. The predicted octanol–water partition coefficient (Wildman–Crippen LogP) is 2.86. The lowest BCUT2D eigenvalue weighted by molar-refractivity contribution is -0.347. The first-order valence-corrected chi connectivity index (χ1v) is 12.3. The van der Waals surface area contributed by atoms with Gasteiger partial charge in [-0.05, 0) is 77.8 Å². The Morgan fingerprint density at radius 1 is 1.05 bits per heavy atom. The fourth-order valence-corrected chi connectivity index (χ4v) is 6.23. The third kappa shape index (κ3) is 3.64. The molecule has 3 aromatic rings. The summed E-state index contributed by atoms with van der Waals surface area (Å²) in [4.78, 5) is 0. The molecule has 202 valence electrons. The summed E-state index contributed by atoms with van der Waals surface area (Å²) in [7, 11) is 0. The molecule has 2 bridgehead atoms. The molecule has 0 saturated heterocycles. The number of nitrogens with zero attached hydrogens (tertiary/aromatic N) is 4. The molecule has 0 amide bonds. The molecule has 1 heterocycles. The van der Waals surface area contributed by atoms with Crippen molar-refractivity contribution in [1.29, 1.82) is 0 Å². The largest absolute Gasteiger partial charge is 0.491 e. The minimum Gasteiger partial charge on any atom is -0.491 e. The molecule has 0 aliphatic heterocycles. The highest BCUT2D eigenvalue weighted by atomic mass is 19.3. The molecule has 2 unspecified atom stereocenters. The van der Waals surface area contributed by atoms with Crippen LogP contribution in [0.3, 0.4) is 0 Å². The van der Waals surface area contributed by atoms with Crippen LogP contribution in [-0.4, -0.2) is 59.8 Å². The van der Waals surface area contributed by atoms with E-state index in [4.69, 9.17) is 4.74 Å². The molecule has 4 fully saturated rings. The Labute approximate surface area is 214 Å². The fourth-order valence-electron chi connectivity index (χ4n) is 6.23. The average molecular weight is 535 g/mol. The molecule has 38 heavy (non-hydrogen) atoms. The van der Waals surface area contributed by atoms with Crippen LogP contribution in [0.2, 0.25) is 0 Å². The van der Waals surface area contributed by atoms with Gasteiger partial charge in [0.05, 0.1) is 12.1 Å². The monoisotopic (exact) mass is 534 g/mol. The van der Waals surface area contributed by atoms with Gasteiger partial charge in [-0.1, -0.05) is 12.1 Å². The maximum Gasteiger partial charge on any atom is 0.287 e. The Hall–Kier alpha value is -3.09. The van der Waals surface area contributed by atoms with Crippen molar-refractivity contribution >= 4 is 0 Å². The molecule has 12 heteroatoms. The number of halogens is 4. The van der Waals surface area contributed by atoms with Gasteiger partial charge in [0.1, 0.15) is 36.4 Å². The maximum absolute atomic E-state index is 16.3. The zero-order valence-corrected chi connectivity index (χ0v) is 20.2. The highest BCUT2D eigenvalue weighted by Crippen LogP contribution is 2.80. The standard InChI is InChI=1S/C26H26F4N4O4/c27-17-3-6-19(20(28)9-17)25(37,14-34-15-31-32-33-34)26(29,30)23-11-22(12-23,13-23)16-1-4-18(5-2-16)38-10-21(35)24(36)7-8-24/h1-6,9,15,21,35-37H,7-8,10-14H2. The number of rotatable bonds is 10. The van der Waals surface area contributed by atoms with Gasteiger partial charge in [-0.15, -0.1) is 5.10 Å². The van der Waals surface area contributed by atoms with Crippen LogP contribution in [0.4, 0.5) is 17.6 Å². The highest BCUT2D eigenvalue weighted by molar-refractivity contribution is 5.44. The minimum absolute atomic E-state index is 0.0594. The summed E-state index contributed by atoms with van der Waals surface area (Å²) in [6.45, 7) is -0.881. The SMILES string of the molecule is OC(COc1ccc(C23CC(C(F)(F)C(O)(Cn4cnnn4)c4ccc(F)cc4F)(C2)C3)cc1)C1(O)CC1. The molecule has 4 aliphatic rings. The topological polar surface area (TPSA) is 114 Å². The van der Waals surface area contributed by atoms with Gasteiger partial charge < -0.3 is 20.1 Å². The molecular weight excluding hydrogens is 508 g/mol. The molecule has 3 N–H and O–H groups in total. The van der Waals surface area contributed by atoms with Crippen molar-refractivity contribution < 1.29 is 37.6 Å². The van der Waals surface area contributed by atoms with Crippen molar-refractivity contribution in [2.24, 2.45) is 5.41 Å². The van der Waals surface area contributed by atoms with Gasteiger partial charge in [0.25, 0.3) is 5.92 Å². The number of benzene rings is 2. The van der Waals surface area contributed by atoms with Gasteiger partial charge in [0.2, 0.25) is 0 Å². The average Bonchev–Trinajstić information content (AvgIpc) is 3.36. The summed E-state index contributed by atoms with van der Waals surface area (Å²) in [5.41, 5.74) is -6.10. The number of hydrogen-bond donors (Lipinski definition) is 3. The number of hydrogen-bond acceptors (Lipinski definition) is 7. The normalized spacial score (nSPS) is 27.6. The number of aliphatic hydroxyl groups excluding tert-OH is 1. The number of ether oxygens (including phenoxy) is 1. The van der Waals surface area contributed by atoms with E-state index in [9.17, 15) is 24.1 Å². The van der Waals surface area contributed by atoms with Crippen LogP contribution >= 0.6 is 0 Å². The molecule has 0 radical (unpaired) electrons. The Balaban J connectivity index is 1.20. The molecule has 7 rings (SSSR count). The van der Waals surface area contributed by atoms with Crippen LogP contribution in [0, 0.1) is 17.0 Å². The van der Waals surface area contributed by atoms with Gasteiger partial charge in [-0.2, -0.15) is 0 Å². The van der Waals surface area contributed by atoms with E-state index in [0.29, 0.717) is 24.7 Å². The van der Waals surface area contributed by atoms with Crippen molar-refractivity contribution in [2.45, 2.75) is 67.3 Å². The van der Waals surface area contributed by atoms with Crippen molar-refractivity contribution in [3.05, 3.63) is 71.6 Å². The molecular formula is C26H26F4N4O4. The lowest BCUT2D eigenvalue weighted by atomic mass is 9.30. The van der Waals surface area contributed by atoms with Crippen LogP contribution in [0.25, 0.3) is 0 Å². The van der Waals surface area contributed by atoms with E-state index < -0.39 is 57.8 Å². The number of alkyl halides is 2. The van der Waals surface area contributed by atoms with E-state index in [0.717, 1.165) is 28.7 Å². The number of tetrazole rings is 1. The van der Waals surface area contributed by atoms with Crippen molar-refractivity contribution in [3.8, 4) is 5.75 Å². The van der Waals surface area contributed by atoms with Crippen LogP contribution in [0.5, 0.6) is 5.75 Å². The second-order valence-corrected chi connectivity index (χ2v) is 11.1. The fraction of sp³-hybridized carbons (Fsp3) is 0.500. The molecule has 2 atom stereocenters. The van der Waals surface area contributed by atoms with E-state index in [2.05, 4.69) is 15.5 Å². The molecule has 2 aromatic carbocycles. The van der Waals surface area contributed by atoms with Gasteiger partial charge in [-0.25, -0.2) is 22.2 Å². The van der Waals surface area contributed by atoms with E-state index in [-0.39, 0.29) is 25.9 Å². The Bertz CT molecular complexity index is 1330. The second-order valence-electron chi connectivity index (χ2n) is 11.1. The molecule has 1 aromatic heterocycles. The first-order chi connectivity index (χ1) is 17.9. The first kappa shape index (κ1) is 25.2. The van der Waals surface area contributed by atoms with Crippen LogP contribution in [0.15, 0.2) is 48.8 Å². The summed E-state index contributed by atoms with van der Waals surface area (Å²) in [6, 6.07) is 9.06. The zero-order chi connectivity index (χ0) is 27.0. The number of aliphatic hydroxyl groups is 3. The summed E-state index contributed by atoms with van der Waals surface area (Å²) in [5, 5.41) is 41.7. The second kappa shape index (κ2) is 8.20. The Kier molecular flexibility index (Phi) is 5.44. The van der Waals surface area contributed by atoms with Crippen LogP contribution in [0.1, 0.15) is 43.2 Å². The zero-order valence-electron chi connectivity index (χ0n) is 20.2. The van der Waals surface area contributed by atoms with E-state index >= 15 is 8.78 Å². The van der Waals surface area contributed by atoms with Crippen molar-refractivity contribution in [2.75, 3.05) is 6.61 Å². The first-order valence-electron chi connectivity index (χ1n) is 12.3. The van der Waals surface area contributed by atoms with Crippen LogP contribution < -0.4 is 4.74 Å². The van der Waals surface area contributed by atoms with Gasteiger partial charge >= 0.3 is 0 Å². The van der Waals surface area contributed by atoms with E-state index in [1.165, 1.54) is 0 Å². The molecule has 8 nitrogen and oxygen atoms in total. The van der Waals surface area contributed by atoms with Gasteiger partial charge in [0.15, 0.2) is 5.60 Å². The van der Waals surface area contributed by atoms with E-state index in [1.54, 1.807) is 24.3 Å². The van der Waals surface area contributed by atoms with E-state index in [1.807, 2.05) is 0 Å². The maximum atomic E-state index is 16.3. The third-order valence-electron chi connectivity index (χ3n) is 8.63.